The molecule has 2 aromatic rings. The molecular weight excluding hydrogens is 345 g/mol. The molecule has 142 valence electrons. The summed E-state index contributed by atoms with van der Waals surface area (Å²) in [5.74, 6) is -0.0565. The number of amides is 1. The van der Waals surface area contributed by atoms with Gasteiger partial charge in [-0.25, -0.2) is 4.39 Å². The fourth-order valence-electron chi connectivity index (χ4n) is 4.15. The summed E-state index contributed by atoms with van der Waals surface area (Å²) in [5, 5.41) is 0. The zero-order valence-corrected chi connectivity index (χ0v) is 15.5. The van der Waals surface area contributed by atoms with Gasteiger partial charge in [-0.3, -0.25) is 14.2 Å². The number of likely N-dealkylation sites (tertiary alicyclic amines) is 1. The average Bonchev–Trinajstić information content (AvgIpc) is 2.67. The summed E-state index contributed by atoms with van der Waals surface area (Å²) in [5.41, 5.74) is 2.49. The van der Waals surface area contributed by atoms with Gasteiger partial charge in [-0.05, 0) is 68.2 Å². The van der Waals surface area contributed by atoms with Gasteiger partial charge in [-0.2, -0.15) is 0 Å². The number of hydrogen-bond donors (Lipinski definition) is 0. The fraction of sp³-hybridized carbons (Fsp3) is 0.429. The van der Waals surface area contributed by atoms with Crippen molar-refractivity contribution in [2.75, 3.05) is 26.7 Å². The highest BCUT2D eigenvalue weighted by Crippen LogP contribution is 2.23. The van der Waals surface area contributed by atoms with E-state index in [2.05, 4.69) is 11.9 Å². The number of halogens is 1. The molecule has 27 heavy (non-hydrogen) atoms. The lowest BCUT2D eigenvalue weighted by Gasteiger charge is -2.35. The molecule has 1 aromatic carbocycles. The maximum Gasteiger partial charge on any atom is 0.255 e. The van der Waals surface area contributed by atoms with Crippen LogP contribution in [-0.4, -0.2) is 47.0 Å². The van der Waals surface area contributed by atoms with Gasteiger partial charge in [0.2, 0.25) is 5.91 Å². The third-order valence-electron chi connectivity index (χ3n) is 5.63. The molecule has 1 fully saturated rings. The predicted molar refractivity (Wildman–Crippen MR) is 101 cm³/mol. The van der Waals surface area contributed by atoms with Crippen molar-refractivity contribution in [2.45, 2.75) is 25.8 Å². The molecule has 2 aliphatic heterocycles. The third kappa shape index (κ3) is 3.67. The van der Waals surface area contributed by atoms with E-state index in [-0.39, 0.29) is 23.2 Å². The number of fused-ring (bicyclic) bond motifs is 1. The summed E-state index contributed by atoms with van der Waals surface area (Å²) in [6.07, 6.45) is 4.50. The predicted octanol–water partition coefficient (Wildman–Crippen LogP) is 2.20. The maximum atomic E-state index is 13.2. The normalized spacial score (nSPS) is 20.4. The van der Waals surface area contributed by atoms with Crippen LogP contribution in [0.5, 0.6) is 0 Å². The molecule has 1 atom stereocenters. The van der Waals surface area contributed by atoms with Gasteiger partial charge in [0.05, 0.1) is 5.92 Å². The topological polar surface area (TPSA) is 45.6 Å². The summed E-state index contributed by atoms with van der Waals surface area (Å²) < 4.78 is 14.7. The van der Waals surface area contributed by atoms with Crippen LogP contribution >= 0.6 is 0 Å². The van der Waals surface area contributed by atoms with Gasteiger partial charge in [-0.1, -0.05) is 0 Å². The average molecular weight is 369 g/mol. The van der Waals surface area contributed by atoms with Crippen LogP contribution in [0.25, 0.3) is 5.69 Å². The molecule has 0 spiro atoms. The van der Waals surface area contributed by atoms with E-state index in [1.807, 2.05) is 4.90 Å². The number of nitrogens with zero attached hydrogens (tertiary/aromatic N) is 3. The summed E-state index contributed by atoms with van der Waals surface area (Å²) in [7, 11) is 2.06. The standard InChI is InChI=1S/C21H24FN3O2/c1-23-9-2-3-16(12-23)21(27)24-10-8-15-11-20(26)25(14-17(15)13-24)19-6-4-18(22)5-7-19/h4-7,11,14,16H,2-3,8-10,12-13H2,1H3. The first kappa shape index (κ1) is 17.9. The Bertz CT molecular complexity index is 907. The van der Waals surface area contributed by atoms with Crippen LogP contribution in [0.4, 0.5) is 4.39 Å². The van der Waals surface area contributed by atoms with E-state index < -0.39 is 0 Å². The van der Waals surface area contributed by atoms with Crippen LogP contribution in [0, 0.1) is 11.7 Å². The molecule has 0 aliphatic carbocycles. The van der Waals surface area contributed by atoms with E-state index in [4.69, 9.17) is 0 Å². The van der Waals surface area contributed by atoms with Crippen molar-refractivity contribution >= 4 is 5.91 Å². The van der Waals surface area contributed by atoms with Crippen molar-refractivity contribution in [2.24, 2.45) is 5.92 Å². The van der Waals surface area contributed by atoms with Crippen molar-refractivity contribution in [1.82, 2.24) is 14.4 Å². The largest absolute Gasteiger partial charge is 0.338 e. The molecule has 0 saturated carbocycles. The molecule has 6 heteroatoms. The maximum absolute atomic E-state index is 13.2. The zero-order valence-electron chi connectivity index (χ0n) is 15.5. The monoisotopic (exact) mass is 369 g/mol. The second-order valence-electron chi connectivity index (χ2n) is 7.62. The summed E-state index contributed by atoms with van der Waals surface area (Å²) in [4.78, 5) is 29.6. The molecule has 0 radical (unpaired) electrons. The Kier molecular flexibility index (Phi) is 4.83. The first-order chi connectivity index (χ1) is 13.0. The molecule has 5 nitrogen and oxygen atoms in total. The Labute approximate surface area is 158 Å². The van der Waals surface area contributed by atoms with Gasteiger partial charge in [-0.15, -0.1) is 0 Å². The fourth-order valence-corrected chi connectivity index (χ4v) is 4.15. The number of carbonyl (C=O) groups excluding carboxylic acids is 1. The van der Waals surface area contributed by atoms with Crippen molar-refractivity contribution in [1.29, 1.82) is 0 Å². The molecule has 3 heterocycles. The second kappa shape index (κ2) is 7.27. The van der Waals surface area contributed by atoms with E-state index in [1.165, 1.54) is 16.7 Å². The van der Waals surface area contributed by atoms with Crippen LogP contribution < -0.4 is 5.56 Å². The molecule has 0 N–H and O–H groups in total. The van der Waals surface area contributed by atoms with E-state index in [0.29, 0.717) is 25.2 Å². The van der Waals surface area contributed by atoms with Crippen LogP contribution in [0.1, 0.15) is 24.0 Å². The first-order valence-electron chi connectivity index (χ1n) is 9.49. The summed E-state index contributed by atoms with van der Waals surface area (Å²) >= 11 is 0. The lowest BCUT2D eigenvalue weighted by Crippen LogP contribution is -2.45. The van der Waals surface area contributed by atoms with E-state index in [0.717, 1.165) is 37.1 Å². The van der Waals surface area contributed by atoms with Crippen LogP contribution in [0.3, 0.4) is 0 Å². The highest BCUT2D eigenvalue weighted by atomic mass is 19.1. The van der Waals surface area contributed by atoms with Crippen molar-refractivity contribution in [3.63, 3.8) is 0 Å². The van der Waals surface area contributed by atoms with Crippen molar-refractivity contribution in [3.05, 3.63) is 63.8 Å². The summed E-state index contributed by atoms with van der Waals surface area (Å²) in [6, 6.07) is 7.52. The zero-order chi connectivity index (χ0) is 19.0. The third-order valence-corrected chi connectivity index (χ3v) is 5.63. The molecule has 1 amide bonds. The number of benzene rings is 1. The molecule has 2 aliphatic rings. The lowest BCUT2D eigenvalue weighted by molar-refractivity contribution is -0.138. The van der Waals surface area contributed by atoms with E-state index in [1.54, 1.807) is 24.4 Å². The van der Waals surface area contributed by atoms with Gasteiger partial charge in [0.1, 0.15) is 5.82 Å². The van der Waals surface area contributed by atoms with Crippen molar-refractivity contribution < 1.29 is 9.18 Å². The minimum Gasteiger partial charge on any atom is -0.338 e. The van der Waals surface area contributed by atoms with Gasteiger partial charge in [0.15, 0.2) is 0 Å². The van der Waals surface area contributed by atoms with E-state index >= 15 is 0 Å². The highest BCUT2D eigenvalue weighted by Gasteiger charge is 2.30. The minimum atomic E-state index is -0.334. The lowest BCUT2D eigenvalue weighted by atomic mass is 9.94. The quantitative estimate of drug-likeness (QED) is 0.815. The Morgan fingerprint density at radius 2 is 1.93 bits per heavy atom. The summed E-state index contributed by atoms with van der Waals surface area (Å²) in [6.45, 7) is 3.05. The molecular formula is C21H24FN3O2. The van der Waals surface area contributed by atoms with Gasteiger partial charge >= 0.3 is 0 Å². The number of hydrogen-bond acceptors (Lipinski definition) is 3. The van der Waals surface area contributed by atoms with E-state index in [9.17, 15) is 14.0 Å². The molecule has 1 aromatic heterocycles. The smallest absolute Gasteiger partial charge is 0.255 e. The number of aromatic nitrogens is 1. The molecule has 1 unspecified atom stereocenters. The van der Waals surface area contributed by atoms with Crippen LogP contribution in [0.2, 0.25) is 0 Å². The Balaban J connectivity index is 1.58. The number of piperidine rings is 1. The van der Waals surface area contributed by atoms with Gasteiger partial charge in [0, 0.05) is 37.6 Å². The second-order valence-corrected chi connectivity index (χ2v) is 7.62. The Morgan fingerprint density at radius 1 is 1.15 bits per heavy atom. The van der Waals surface area contributed by atoms with Crippen molar-refractivity contribution in [3.8, 4) is 5.69 Å². The van der Waals surface area contributed by atoms with Gasteiger partial charge < -0.3 is 9.80 Å². The van der Waals surface area contributed by atoms with Crippen LogP contribution in [0.15, 0.2) is 41.3 Å². The SMILES string of the molecule is CN1CCCC(C(=O)N2CCc3cc(=O)n(-c4ccc(F)cc4)cc3C2)C1. The molecule has 4 rings (SSSR count). The number of pyridine rings is 1. The Hall–Kier alpha value is -2.47. The van der Waals surface area contributed by atoms with Crippen LogP contribution in [-0.2, 0) is 17.8 Å². The number of carbonyl (C=O) groups is 1. The minimum absolute atomic E-state index is 0.0632. The molecule has 1 saturated heterocycles. The number of rotatable bonds is 2. The van der Waals surface area contributed by atoms with Gasteiger partial charge in [0.25, 0.3) is 5.56 Å². The highest BCUT2D eigenvalue weighted by molar-refractivity contribution is 5.79. The molecule has 0 bridgehead atoms. The Morgan fingerprint density at radius 3 is 2.67 bits per heavy atom. The first-order valence-corrected chi connectivity index (χ1v) is 9.49.